The van der Waals surface area contributed by atoms with Crippen LogP contribution in [0.15, 0.2) is 36.8 Å². The number of hydrogen-bond donors (Lipinski definition) is 2. The van der Waals surface area contributed by atoms with Gasteiger partial charge in [0.2, 0.25) is 0 Å². The fourth-order valence-corrected chi connectivity index (χ4v) is 2.18. The lowest BCUT2D eigenvalue weighted by molar-refractivity contribution is 0.249. The van der Waals surface area contributed by atoms with Crippen LogP contribution in [0.1, 0.15) is 19.4 Å². The lowest BCUT2D eigenvalue weighted by Gasteiger charge is -2.26. The number of ether oxygens (including phenoxy) is 2. The van der Waals surface area contributed by atoms with E-state index in [1.54, 1.807) is 20.4 Å². The van der Waals surface area contributed by atoms with Gasteiger partial charge in [-0.2, -0.15) is 0 Å². The van der Waals surface area contributed by atoms with Gasteiger partial charge in [-0.25, -0.2) is 9.78 Å². The van der Waals surface area contributed by atoms with Gasteiger partial charge >= 0.3 is 6.03 Å². The molecule has 2 amide bonds. The van der Waals surface area contributed by atoms with Gasteiger partial charge in [-0.1, -0.05) is 19.9 Å². The van der Waals surface area contributed by atoms with Crippen molar-refractivity contribution in [2.75, 3.05) is 26.1 Å². The van der Waals surface area contributed by atoms with Crippen LogP contribution >= 0.6 is 0 Å². The fraction of sp³-hybridized carbons (Fsp3) is 0.353. The minimum Gasteiger partial charge on any atom is -0.493 e. The predicted octanol–water partition coefficient (Wildman–Crippen LogP) is 2.59. The molecule has 0 saturated carbocycles. The molecule has 7 nitrogen and oxygen atoms in total. The summed E-state index contributed by atoms with van der Waals surface area (Å²) in [7, 11) is 3.20. The summed E-state index contributed by atoms with van der Waals surface area (Å²) < 4.78 is 10.6. The van der Waals surface area contributed by atoms with Crippen molar-refractivity contribution in [2.45, 2.75) is 19.3 Å². The van der Waals surface area contributed by atoms with E-state index in [1.807, 2.05) is 32.0 Å². The monoisotopic (exact) mass is 330 g/mol. The summed E-state index contributed by atoms with van der Waals surface area (Å²) in [5, 5.41) is 5.48. The molecule has 1 aromatic heterocycles. The zero-order chi connectivity index (χ0) is 17.6. The number of benzene rings is 1. The van der Waals surface area contributed by atoms with Gasteiger partial charge in [0, 0.05) is 24.4 Å². The Balaban J connectivity index is 2.01. The maximum Gasteiger partial charge on any atom is 0.320 e. The normalized spacial score (nSPS) is 10.8. The Bertz CT molecular complexity index is 689. The lowest BCUT2D eigenvalue weighted by Crippen LogP contribution is -2.39. The molecule has 24 heavy (non-hydrogen) atoms. The highest BCUT2D eigenvalue weighted by Gasteiger charge is 2.23. The first kappa shape index (κ1) is 17.5. The van der Waals surface area contributed by atoms with Gasteiger partial charge in [-0.15, -0.1) is 0 Å². The van der Waals surface area contributed by atoms with Gasteiger partial charge < -0.3 is 14.8 Å². The molecule has 1 aromatic carbocycles. The van der Waals surface area contributed by atoms with Crippen LogP contribution < -0.4 is 20.1 Å². The number of hydrogen-bond acceptors (Lipinski definition) is 5. The van der Waals surface area contributed by atoms with Crippen LogP contribution in [-0.4, -0.2) is 36.8 Å². The van der Waals surface area contributed by atoms with Crippen molar-refractivity contribution in [3.63, 3.8) is 0 Å². The molecule has 128 valence electrons. The lowest BCUT2D eigenvalue weighted by atomic mass is 9.84. The van der Waals surface area contributed by atoms with Crippen molar-refractivity contribution >= 4 is 11.8 Å². The summed E-state index contributed by atoms with van der Waals surface area (Å²) in [5.74, 6) is 1.73. The topological polar surface area (TPSA) is 85.4 Å². The number of amides is 2. The Morgan fingerprint density at radius 1 is 1.17 bits per heavy atom. The van der Waals surface area contributed by atoms with Crippen molar-refractivity contribution in [3.05, 3.63) is 42.4 Å². The van der Waals surface area contributed by atoms with Crippen LogP contribution in [-0.2, 0) is 5.41 Å². The molecular weight excluding hydrogens is 308 g/mol. The molecule has 0 aliphatic carbocycles. The second-order valence-electron chi connectivity index (χ2n) is 5.85. The van der Waals surface area contributed by atoms with E-state index >= 15 is 0 Å². The van der Waals surface area contributed by atoms with Crippen molar-refractivity contribution in [1.29, 1.82) is 0 Å². The van der Waals surface area contributed by atoms with Gasteiger partial charge in [-0.3, -0.25) is 10.3 Å². The number of urea groups is 1. The third kappa shape index (κ3) is 4.34. The summed E-state index contributed by atoms with van der Waals surface area (Å²) in [4.78, 5) is 19.9. The smallest absolute Gasteiger partial charge is 0.320 e. The van der Waals surface area contributed by atoms with Gasteiger partial charge in [0.25, 0.3) is 0 Å². The second kappa shape index (κ2) is 7.63. The van der Waals surface area contributed by atoms with E-state index in [0.717, 1.165) is 5.56 Å². The Labute approximate surface area is 141 Å². The number of aromatic nitrogens is 2. The molecule has 0 bridgehead atoms. The fourth-order valence-electron chi connectivity index (χ4n) is 2.18. The molecule has 0 atom stereocenters. The molecule has 2 rings (SSSR count). The van der Waals surface area contributed by atoms with E-state index in [9.17, 15) is 4.79 Å². The first-order chi connectivity index (χ1) is 11.5. The predicted molar refractivity (Wildman–Crippen MR) is 91.6 cm³/mol. The van der Waals surface area contributed by atoms with E-state index in [4.69, 9.17) is 9.47 Å². The Hall–Kier alpha value is -2.83. The van der Waals surface area contributed by atoms with Crippen LogP contribution in [0.2, 0.25) is 0 Å². The maximum absolute atomic E-state index is 12.0. The van der Waals surface area contributed by atoms with Gasteiger partial charge in [0.1, 0.15) is 0 Å². The molecule has 7 heteroatoms. The molecule has 0 aliphatic heterocycles. The van der Waals surface area contributed by atoms with Crippen molar-refractivity contribution in [3.8, 4) is 11.5 Å². The highest BCUT2D eigenvalue weighted by Crippen LogP contribution is 2.32. The number of methoxy groups -OCH3 is 2. The number of carbonyl (C=O) groups is 1. The molecular formula is C17H22N4O3. The number of nitrogens with zero attached hydrogens (tertiary/aromatic N) is 2. The van der Waals surface area contributed by atoms with Crippen LogP contribution in [0, 0.1) is 0 Å². The average molecular weight is 330 g/mol. The van der Waals surface area contributed by atoms with Gasteiger partial charge in [0.05, 0.1) is 20.4 Å². The minimum atomic E-state index is -0.330. The number of anilines is 1. The molecule has 2 aromatic rings. The van der Waals surface area contributed by atoms with Crippen LogP contribution in [0.4, 0.5) is 10.6 Å². The molecule has 0 saturated heterocycles. The summed E-state index contributed by atoms with van der Waals surface area (Å²) in [6.07, 6.45) is 4.55. The van der Waals surface area contributed by atoms with E-state index in [0.29, 0.717) is 23.9 Å². The SMILES string of the molecule is COc1ccc(C(C)(C)CNC(=O)Nc2cnccn2)cc1OC. The van der Waals surface area contributed by atoms with Crippen LogP contribution in [0.5, 0.6) is 11.5 Å². The molecule has 0 spiro atoms. The third-order valence-electron chi connectivity index (χ3n) is 3.66. The molecule has 2 N–H and O–H groups in total. The van der Waals surface area contributed by atoms with Crippen molar-refractivity contribution in [2.24, 2.45) is 0 Å². The quantitative estimate of drug-likeness (QED) is 0.850. The average Bonchev–Trinajstić information content (AvgIpc) is 2.60. The van der Waals surface area contributed by atoms with E-state index in [-0.39, 0.29) is 11.4 Å². The highest BCUT2D eigenvalue weighted by atomic mass is 16.5. The summed E-state index contributed by atoms with van der Waals surface area (Å²) in [6, 6.07) is 5.41. The number of nitrogens with one attached hydrogen (secondary N) is 2. The Kier molecular flexibility index (Phi) is 5.57. The van der Waals surface area contributed by atoms with Gasteiger partial charge in [0.15, 0.2) is 17.3 Å². The van der Waals surface area contributed by atoms with E-state index in [1.165, 1.54) is 12.4 Å². The van der Waals surface area contributed by atoms with Crippen LogP contribution in [0.25, 0.3) is 0 Å². The van der Waals surface area contributed by atoms with E-state index in [2.05, 4.69) is 20.6 Å². The maximum atomic E-state index is 12.0. The minimum absolute atomic E-state index is 0.292. The molecule has 1 heterocycles. The summed E-state index contributed by atoms with van der Waals surface area (Å²) in [6.45, 7) is 4.52. The standard InChI is InChI=1S/C17H22N4O3/c1-17(2,12-5-6-13(23-3)14(9-12)24-4)11-20-16(22)21-15-10-18-7-8-19-15/h5-10H,11H2,1-4H3,(H2,19,20,21,22). The Morgan fingerprint density at radius 3 is 2.54 bits per heavy atom. The molecule has 0 unspecified atom stereocenters. The zero-order valence-corrected chi connectivity index (χ0v) is 14.3. The summed E-state index contributed by atoms with van der Waals surface area (Å²) >= 11 is 0. The molecule has 0 radical (unpaired) electrons. The molecule has 0 aliphatic rings. The van der Waals surface area contributed by atoms with E-state index < -0.39 is 0 Å². The van der Waals surface area contributed by atoms with Crippen LogP contribution in [0.3, 0.4) is 0 Å². The molecule has 0 fully saturated rings. The van der Waals surface area contributed by atoms with Gasteiger partial charge in [-0.05, 0) is 17.7 Å². The second-order valence-corrected chi connectivity index (χ2v) is 5.85. The first-order valence-electron chi connectivity index (χ1n) is 7.49. The number of carbonyl (C=O) groups excluding carboxylic acids is 1. The highest BCUT2D eigenvalue weighted by molar-refractivity contribution is 5.88. The third-order valence-corrected chi connectivity index (χ3v) is 3.66. The Morgan fingerprint density at radius 2 is 1.92 bits per heavy atom. The summed E-state index contributed by atoms with van der Waals surface area (Å²) in [5.41, 5.74) is 0.735. The largest absolute Gasteiger partial charge is 0.493 e. The van der Waals surface area contributed by atoms with Crippen molar-refractivity contribution in [1.82, 2.24) is 15.3 Å². The zero-order valence-electron chi connectivity index (χ0n) is 14.3. The van der Waals surface area contributed by atoms with Crippen molar-refractivity contribution < 1.29 is 14.3 Å². The number of rotatable bonds is 6. The first-order valence-corrected chi connectivity index (χ1v) is 7.49.